The lowest BCUT2D eigenvalue weighted by molar-refractivity contribution is -0.170. The van der Waals surface area contributed by atoms with Crippen LogP contribution in [0, 0.1) is 11.7 Å². The molecule has 2 aliphatic rings. The van der Waals surface area contributed by atoms with Gasteiger partial charge in [-0.15, -0.1) is 0 Å². The standard InChI is InChI=1S/C28H30ClFN2O.C6H8O7/c1-19(25-18-22(29)17-20-5-3-4-6-24(20)25)32-14-11-26(27(32)33)28(12-15-31(2)16-13-28)21-7-9-23(30)10-8-21;7-3(8)1-6(13,5(11)12)2-4(9)10/h3-10,17-19,26H,11-16H2,1-2H3;13H,1-2H2,(H,7,8)(H,9,10)(H,11,12). The van der Waals surface area contributed by atoms with E-state index < -0.39 is 36.4 Å². The Kier molecular flexibility index (Phi) is 10.7. The average Bonchev–Trinajstić information content (AvgIpc) is 3.38. The predicted octanol–water partition coefficient (Wildman–Crippen LogP) is 4.96. The first-order valence-corrected chi connectivity index (χ1v) is 15.4. The molecule has 0 bridgehead atoms. The Labute approximate surface area is 271 Å². The van der Waals surface area contributed by atoms with E-state index in [9.17, 15) is 23.6 Å². The van der Waals surface area contributed by atoms with Crippen molar-refractivity contribution >= 4 is 46.2 Å². The average molecular weight is 657 g/mol. The van der Waals surface area contributed by atoms with Gasteiger partial charge >= 0.3 is 17.9 Å². The molecule has 2 atom stereocenters. The molecule has 0 saturated carbocycles. The van der Waals surface area contributed by atoms with Crippen LogP contribution in [0.3, 0.4) is 0 Å². The number of likely N-dealkylation sites (tertiary alicyclic amines) is 2. The highest BCUT2D eigenvalue weighted by atomic mass is 35.5. The zero-order valence-electron chi connectivity index (χ0n) is 25.7. The number of piperidine rings is 1. The molecule has 2 fully saturated rings. The molecule has 2 unspecified atom stereocenters. The lowest BCUT2D eigenvalue weighted by atomic mass is 9.64. The summed E-state index contributed by atoms with van der Waals surface area (Å²) in [6.45, 7) is 4.72. The zero-order chi connectivity index (χ0) is 33.8. The van der Waals surface area contributed by atoms with Crippen molar-refractivity contribution in [3.63, 3.8) is 0 Å². The van der Waals surface area contributed by atoms with Crippen molar-refractivity contribution < 1.29 is 44.0 Å². The third-order valence-corrected chi connectivity index (χ3v) is 9.49. The molecule has 1 amide bonds. The van der Waals surface area contributed by atoms with Crippen molar-refractivity contribution in [2.24, 2.45) is 5.92 Å². The van der Waals surface area contributed by atoms with Crippen LogP contribution in [0.2, 0.25) is 5.02 Å². The quantitative estimate of drug-likeness (QED) is 0.250. The SMILES string of the molecule is CC(c1cc(Cl)cc2ccccc12)N1CCC(C2(c3ccc(F)cc3)CCN(C)CC2)C1=O.O=C(O)CC(O)(CC(=O)O)C(=O)O. The van der Waals surface area contributed by atoms with Crippen LogP contribution in [-0.2, 0) is 24.6 Å². The van der Waals surface area contributed by atoms with Crippen molar-refractivity contribution in [2.45, 2.75) is 56.1 Å². The van der Waals surface area contributed by atoms with Gasteiger partial charge in [0, 0.05) is 22.9 Å². The Balaban J connectivity index is 0.000000315. The second kappa shape index (κ2) is 14.1. The van der Waals surface area contributed by atoms with Crippen molar-refractivity contribution in [2.75, 3.05) is 26.7 Å². The Morgan fingerprint density at radius 3 is 2.13 bits per heavy atom. The maximum absolute atomic E-state index is 14.0. The largest absolute Gasteiger partial charge is 0.481 e. The van der Waals surface area contributed by atoms with Gasteiger partial charge in [-0.3, -0.25) is 14.4 Å². The zero-order valence-corrected chi connectivity index (χ0v) is 26.4. The number of hydrogen-bond donors (Lipinski definition) is 4. The van der Waals surface area contributed by atoms with Gasteiger partial charge in [0.1, 0.15) is 5.82 Å². The topological polar surface area (TPSA) is 156 Å². The highest BCUT2D eigenvalue weighted by Crippen LogP contribution is 2.48. The fraction of sp³-hybridized carbons (Fsp3) is 0.412. The minimum absolute atomic E-state index is 0.0670. The van der Waals surface area contributed by atoms with Crippen molar-refractivity contribution in [3.05, 3.63) is 82.6 Å². The van der Waals surface area contributed by atoms with Gasteiger partial charge in [-0.2, -0.15) is 0 Å². The van der Waals surface area contributed by atoms with Crippen LogP contribution in [0.25, 0.3) is 10.8 Å². The van der Waals surface area contributed by atoms with Gasteiger partial charge in [-0.05, 0) is 92.5 Å². The summed E-state index contributed by atoms with van der Waals surface area (Å²) < 4.78 is 13.7. The molecule has 0 aliphatic carbocycles. The van der Waals surface area contributed by atoms with Gasteiger partial charge in [0.15, 0.2) is 5.60 Å². The van der Waals surface area contributed by atoms with E-state index in [1.54, 1.807) is 0 Å². The maximum Gasteiger partial charge on any atom is 0.336 e. The molecular weight excluding hydrogens is 619 g/mol. The highest BCUT2D eigenvalue weighted by molar-refractivity contribution is 6.31. The first kappa shape index (κ1) is 34.8. The number of hydrogen-bond acceptors (Lipinski definition) is 6. The molecule has 46 heavy (non-hydrogen) atoms. The number of carboxylic acid groups (broad SMARTS) is 3. The number of carboxylic acids is 3. The van der Waals surface area contributed by atoms with Gasteiger partial charge < -0.3 is 30.2 Å². The summed E-state index contributed by atoms with van der Waals surface area (Å²) in [5, 5.41) is 36.7. The Hall–Kier alpha value is -4.06. The van der Waals surface area contributed by atoms with E-state index >= 15 is 0 Å². The van der Waals surface area contributed by atoms with Crippen LogP contribution >= 0.6 is 11.6 Å². The number of nitrogens with zero attached hydrogens (tertiary/aromatic N) is 2. The number of rotatable bonds is 9. The number of halogens is 2. The molecule has 2 heterocycles. The third-order valence-electron chi connectivity index (χ3n) is 9.27. The number of carbonyl (C=O) groups is 4. The second-order valence-corrected chi connectivity index (χ2v) is 12.6. The smallest absolute Gasteiger partial charge is 0.336 e. The predicted molar refractivity (Wildman–Crippen MR) is 169 cm³/mol. The molecule has 4 N–H and O–H groups in total. The molecule has 2 aliphatic heterocycles. The van der Waals surface area contributed by atoms with Crippen LogP contribution in [0.4, 0.5) is 4.39 Å². The number of amides is 1. The summed E-state index contributed by atoms with van der Waals surface area (Å²) in [6, 6.07) is 19.0. The van der Waals surface area contributed by atoms with Crippen LogP contribution in [-0.4, -0.2) is 86.3 Å². The van der Waals surface area contributed by atoms with E-state index in [0.717, 1.165) is 60.8 Å². The van der Waals surface area contributed by atoms with Crippen molar-refractivity contribution in [1.82, 2.24) is 9.80 Å². The molecule has 10 nitrogen and oxygen atoms in total. The molecule has 3 aromatic rings. The summed E-state index contributed by atoms with van der Waals surface area (Å²) in [7, 11) is 2.13. The van der Waals surface area contributed by atoms with E-state index in [1.807, 2.05) is 41.3 Å². The normalized spacial score (nSPS) is 18.9. The molecule has 0 spiro atoms. The summed E-state index contributed by atoms with van der Waals surface area (Å²) in [6.07, 6.45) is 0.355. The van der Waals surface area contributed by atoms with Gasteiger partial charge in [-0.25, -0.2) is 9.18 Å². The van der Waals surface area contributed by atoms with Gasteiger partial charge in [0.05, 0.1) is 18.9 Å². The van der Waals surface area contributed by atoms with E-state index in [4.69, 9.17) is 32.0 Å². The summed E-state index contributed by atoms with van der Waals surface area (Å²) in [5.74, 6) is -5.14. The molecule has 2 saturated heterocycles. The van der Waals surface area contributed by atoms with E-state index in [0.29, 0.717) is 5.02 Å². The summed E-state index contributed by atoms with van der Waals surface area (Å²) in [5.41, 5.74) is -0.802. The van der Waals surface area contributed by atoms with Crippen molar-refractivity contribution in [1.29, 1.82) is 0 Å². The van der Waals surface area contributed by atoms with Crippen LogP contribution in [0.1, 0.15) is 56.2 Å². The molecule has 12 heteroatoms. The number of benzene rings is 3. The summed E-state index contributed by atoms with van der Waals surface area (Å²) in [4.78, 5) is 48.8. The highest BCUT2D eigenvalue weighted by Gasteiger charge is 2.50. The minimum atomic E-state index is -2.74. The Morgan fingerprint density at radius 1 is 0.978 bits per heavy atom. The maximum atomic E-state index is 14.0. The number of fused-ring (bicyclic) bond motifs is 1. The number of carbonyl (C=O) groups excluding carboxylic acids is 1. The number of aliphatic hydroxyl groups is 1. The monoisotopic (exact) mass is 656 g/mol. The molecule has 5 rings (SSSR count). The van der Waals surface area contributed by atoms with Crippen LogP contribution in [0.15, 0.2) is 60.7 Å². The van der Waals surface area contributed by atoms with Crippen molar-refractivity contribution in [3.8, 4) is 0 Å². The Morgan fingerprint density at radius 2 is 1.57 bits per heavy atom. The Bertz CT molecular complexity index is 1590. The first-order chi connectivity index (χ1) is 21.7. The fourth-order valence-corrected chi connectivity index (χ4v) is 7.00. The summed E-state index contributed by atoms with van der Waals surface area (Å²) >= 11 is 6.45. The van der Waals surface area contributed by atoms with Gasteiger partial charge in [0.25, 0.3) is 0 Å². The first-order valence-electron chi connectivity index (χ1n) is 15.0. The lowest BCUT2D eigenvalue weighted by Gasteiger charge is -2.44. The van der Waals surface area contributed by atoms with Gasteiger partial charge in [0.2, 0.25) is 5.91 Å². The van der Waals surface area contributed by atoms with E-state index in [2.05, 4.69) is 31.0 Å². The van der Waals surface area contributed by atoms with Gasteiger partial charge in [-0.1, -0.05) is 48.0 Å². The second-order valence-electron chi connectivity index (χ2n) is 12.2. The molecule has 0 radical (unpaired) electrons. The van der Waals surface area contributed by atoms with E-state index in [-0.39, 0.29) is 29.1 Å². The minimum Gasteiger partial charge on any atom is -0.481 e. The molecule has 0 aromatic heterocycles. The number of aliphatic carboxylic acids is 3. The van der Waals surface area contributed by atoms with Crippen LogP contribution in [0.5, 0.6) is 0 Å². The molecule has 3 aromatic carbocycles. The fourth-order valence-electron chi connectivity index (χ4n) is 6.77. The van der Waals surface area contributed by atoms with E-state index in [1.165, 1.54) is 12.1 Å². The molecule has 246 valence electrons. The molecular formula is C34H38ClFN2O8. The third kappa shape index (κ3) is 7.49. The van der Waals surface area contributed by atoms with Crippen LogP contribution < -0.4 is 0 Å². The lowest BCUT2D eigenvalue weighted by Crippen LogP contribution is -2.48.